The summed E-state index contributed by atoms with van der Waals surface area (Å²) in [7, 11) is 0. The number of pyridine rings is 1. The predicted octanol–water partition coefficient (Wildman–Crippen LogP) is 1.81. The molecule has 2 aromatic heterocycles. The number of halogens is 2. The lowest BCUT2D eigenvalue weighted by Gasteiger charge is -2.11. The van der Waals surface area contributed by atoms with E-state index in [4.69, 9.17) is 34.7 Å². The van der Waals surface area contributed by atoms with Gasteiger partial charge < -0.3 is 16.6 Å². The van der Waals surface area contributed by atoms with E-state index in [0.29, 0.717) is 17.0 Å². The minimum atomic E-state index is -0.320. The third kappa shape index (κ3) is 2.42. The van der Waals surface area contributed by atoms with Crippen molar-refractivity contribution in [2.24, 2.45) is 0 Å². The number of aliphatic hydroxyl groups excluding tert-OH is 1. The summed E-state index contributed by atoms with van der Waals surface area (Å²) < 4.78 is 0. The zero-order valence-electron chi connectivity index (χ0n) is 9.98. The number of hydrogen-bond donors (Lipinski definition) is 3. The minimum Gasteiger partial charge on any atom is -0.390 e. The van der Waals surface area contributed by atoms with Gasteiger partial charge in [-0.2, -0.15) is 0 Å². The Hall–Kier alpha value is -1.63. The molecule has 2 heterocycles. The molecule has 0 fully saturated rings. The molecule has 2 aromatic rings. The summed E-state index contributed by atoms with van der Waals surface area (Å²) in [4.78, 5) is 12.3. The van der Waals surface area contributed by atoms with Gasteiger partial charge >= 0.3 is 0 Å². The van der Waals surface area contributed by atoms with Gasteiger partial charge in [0.15, 0.2) is 0 Å². The number of anilines is 2. The SMILES string of the molecule is Cc1nc(N)c(CO)nc1-c1cnc(N)c(Cl)c1Cl. The lowest BCUT2D eigenvalue weighted by molar-refractivity contribution is 0.277. The number of hydrogen-bond acceptors (Lipinski definition) is 6. The van der Waals surface area contributed by atoms with Crippen LogP contribution in [-0.2, 0) is 6.61 Å². The largest absolute Gasteiger partial charge is 0.390 e. The van der Waals surface area contributed by atoms with E-state index in [1.807, 2.05) is 0 Å². The predicted molar refractivity (Wildman–Crippen MR) is 74.8 cm³/mol. The fourth-order valence-corrected chi connectivity index (χ4v) is 1.97. The minimum absolute atomic E-state index is 0.138. The third-order valence-corrected chi connectivity index (χ3v) is 3.44. The van der Waals surface area contributed by atoms with Crippen LogP contribution in [0.5, 0.6) is 0 Å². The zero-order chi connectivity index (χ0) is 14.2. The molecule has 0 saturated heterocycles. The second-order valence-electron chi connectivity index (χ2n) is 3.83. The number of nitrogens with zero attached hydrogens (tertiary/aromatic N) is 3. The molecule has 0 bridgehead atoms. The lowest BCUT2D eigenvalue weighted by Crippen LogP contribution is -2.06. The van der Waals surface area contributed by atoms with Gasteiger partial charge in [0, 0.05) is 11.8 Å². The van der Waals surface area contributed by atoms with Gasteiger partial charge in [-0.15, -0.1) is 0 Å². The first-order chi connectivity index (χ1) is 8.95. The Morgan fingerprint density at radius 1 is 1.16 bits per heavy atom. The fourth-order valence-electron chi connectivity index (χ4n) is 1.59. The first kappa shape index (κ1) is 13.8. The van der Waals surface area contributed by atoms with Crippen molar-refractivity contribution in [1.82, 2.24) is 15.0 Å². The van der Waals surface area contributed by atoms with Crippen LogP contribution in [-0.4, -0.2) is 20.1 Å². The van der Waals surface area contributed by atoms with E-state index in [9.17, 15) is 5.11 Å². The Kier molecular flexibility index (Phi) is 3.75. The Balaban J connectivity index is 2.69. The van der Waals surface area contributed by atoms with E-state index < -0.39 is 0 Å². The number of rotatable bonds is 2. The van der Waals surface area contributed by atoms with Gasteiger partial charge in [0.05, 0.1) is 23.0 Å². The summed E-state index contributed by atoms with van der Waals surface area (Å²) in [5.41, 5.74) is 13.0. The summed E-state index contributed by atoms with van der Waals surface area (Å²) in [6, 6.07) is 0. The van der Waals surface area contributed by atoms with Gasteiger partial charge in [0.2, 0.25) is 0 Å². The Bertz CT molecular complexity index is 647. The van der Waals surface area contributed by atoms with Crippen molar-refractivity contribution in [3.05, 3.63) is 27.6 Å². The lowest BCUT2D eigenvalue weighted by atomic mass is 10.1. The molecule has 0 amide bonds. The van der Waals surface area contributed by atoms with Crippen molar-refractivity contribution in [1.29, 1.82) is 0 Å². The van der Waals surface area contributed by atoms with Crippen molar-refractivity contribution in [2.45, 2.75) is 13.5 Å². The molecule has 2 rings (SSSR count). The monoisotopic (exact) mass is 299 g/mol. The second-order valence-corrected chi connectivity index (χ2v) is 4.59. The molecule has 5 N–H and O–H groups in total. The highest BCUT2D eigenvalue weighted by Gasteiger charge is 2.16. The first-order valence-electron chi connectivity index (χ1n) is 5.29. The Morgan fingerprint density at radius 3 is 2.47 bits per heavy atom. The molecule has 19 heavy (non-hydrogen) atoms. The van der Waals surface area contributed by atoms with Gasteiger partial charge in [-0.25, -0.2) is 15.0 Å². The molecule has 0 saturated carbocycles. The van der Waals surface area contributed by atoms with E-state index >= 15 is 0 Å². The van der Waals surface area contributed by atoms with Crippen LogP contribution < -0.4 is 11.5 Å². The van der Waals surface area contributed by atoms with E-state index in [1.165, 1.54) is 6.20 Å². The van der Waals surface area contributed by atoms with Crippen LogP contribution >= 0.6 is 23.2 Å². The van der Waals surface area contributed by atoms with E-state index in [1.54, 1.807) is 6.92 Å². The summed E-state index contributed by atoms with van der Waals surface area (Å²) in [6.07, 6.45) is 1.46. The molecule has 0 aromatic carbocycles. The van der Waals surface area contributed by atoms with Crippen LogP contribution in [0, 0.1) is 6.92 Å². The van der Waals surface area contributed by atoms with Crippen molar-refractivity contribution in [2.75, 3.05) is 11.5 Å². The molecule has 0 radical (unpaired) electrons. The topological polar surface area (TPSA) is 111 Å². The van der Waals surface area contributed by atoms with Crippen molar-refractivity contribution in [3.63, 3.8) is 0 Å². The number of aryl methyl sites for hydroxylation is 1. The van der Waals surface area contributed by atoms with Crippen molar-refractivity contribution < 1.29 is 5.11 Å². The number of nitrogens with two attached hydrogens (primary N) is 2. The van der Waals surface area contributed by atoms with Crippen molar-refractivity contribution in [3.8, 4) is 11.3 Å². The van der Waals surface area contributed by atoms with Gasteiger partial charge in [0.1, 0.15) is 22.4 Å². The van der Waals surface area contributed by atoms with E-state index in [0.717, 1.165) is 0 Å². The third-order valence-electron chi connectivity index (χ3n) is 2.56. The Labute approximate surface area is 119 Å². The summed E-state index contributed by atoms with van der Waals surface area (Å²) in [5, 5.41) is 9.56. The first-order valence-corrected chi connectivity index (χ1v) is 6.05. The van der Waals surface area contributed by atoms with Crippen LogP contribution in [0.15, 0.2) is 6.20 Å². The molecule has 6 nitrogen and oxygen atoms in total. The van der Waals surface area contributed by atoms with Crippen molar-refractivity contribution >= 4 is 34.8 Å². The molecule has 0 spiro atoms. The second kappa shape index (κ2) is 5.16. The maximum Gasteiger partial charge on any atom is 0.147 e. The average molecular weight is 300 g/mol. The van der Waals surface area contributed by atoms with Crippen LogP contribution in [0.4, 0.5) is 11.6 Å². The molecule has 8 heteroatoms. The van der Waals surface area contributed by atoms with E-state index in [2.05, 4.69) is 15.0 Å². The quantitative estimate of drug-likeness (QED) is 0.780. The molecule has 0 atom stereocenters. The Morgan fingerprint density at radius 2 is 1.84 bits per heavy atom. The number of aliphatic hydroxyl groups is 1. The fraction of sp³-hybridized carbons (Fsp3) is 0.182. The van der Waals surface area contributed by atoms with Gasteiger partial charge in [-0.1, -0.05) is 23.2 Å². The molecular formula is C11H11Cl2N5O. The maximum absolute atomic E-state index is 9.17. The molecule has 100 valence electrons. The smallest absolute Gasteiger partial charge is 0.147 e. The van der Waals surface area contributed by atoms with Crippen LogP contribution in [0.1, 0.15) is 11.4 Å². The average Bonchev–Trinajstić information content (AvgIpc) is 2.37. The highest BCUT2D eigenvalue weighted by atomic mass is 35.5. The molecular weight excluding hydrogens is 289 g/mol. The molecule has 0 aliphatic carbocycles. The maximum atomic E-state index is 9.17. The molecule has 0 aliphatic rings. The molecule has 0 unspecified atom stereocenters. The molecule has 0 aliphatic heterocycles. The van der Waals surface area contributed by atoms with Crippen LogP contribution in [0.25, 0.3) is 11.3 Å². The highest BCUT2D eigenvalue weighted by molar-refractivity contribution is 6.45. The number of nitrogen functional groups attached to an aromatic ring is 2. The van der Waals surface area contributed by atoms with Gasteiger partial charge in [0.25, 0.3) is 0 Å². The zero-order valence-corrected chi connectivity index (χ0v) is 11.5. The number of aromatic nitrogens is 3. The van der Waals surface area contributed by atoms with Gasteiger partial charge in [-0.3, -0.25) is 0 Å². The summed E-state index contributed by atoms with van der Waals surface area (Å²) >= 11 is 12.1. The highest BCUT2D eigenvalue weighted by Crippen LogP contribution is 2.36. The normalized spacial score (nSPS) is 10.7. The summed E-state index contributed by atoms with van der Waals surface area (Å²) in [5.74, 6) is 0.313. The van der Waals surface area contributed by atoms with E-state index in [-0.39, 0.29) is 34.0 Å². The standard InChI is InChI=1S/C11H11Cl2N5O/c1-4-9(18-6(3-19)10(14)17-4)5-2-16-11(15)8(13)7(5)12/h2,19H,3H2,1H3,(H2,14,17)(H2,15,16). The van der Waals surface area contributed by atoms with Crippen LogP contribution in [0.3, 0.4) is 0 Å². The van der Waals surface area contributed by atoms with Gasteiger partial charge in [-0.05, 0) is 6.92 Å². The summed E-state index contributed by atoms with van der Waals surface area (Å²) in [6.45, 7) is 1.40. The van der Waals surface area contributed by atoms with Crippen LogP contribution in [0.2, 0.25) is 10.0 Å².